The zero-order chi connectivity index (χ0) is 7.40. The lowest BCUT2D eigenvalue weighted by Gasteiger charge is -1.98. The third-order valence-corrected chi connectivity index (χ3v) is 1.26. The van der Waals surface area contributed by atoms with Crippen LogP contribution in [0.15, 0.2) is 30.3 Å². The minimum absolute atomic E-state index is 0.735. The number of hydrogen-bond donors (Lipinski definition) is 0. The molecular formula is C8H7N2. The Balaban J connectivity index is 2.88. The van der Waals surface area contributed by atoms with E-state index in [4.69, 9.17) is 11.0 Å². The van der Waals surface area contributed by atoms with E-state index in [2.05, 4.69) is 0 Å². The van der Waals surface area contributed by atoms with Gasteiger partial charge < -0.3 is 0 Å². The summed E-state index contributed by atoms with van der Waals surface area (Å²) in [7, 11) is 0. The maximum absolute atomic E-state index is 8.35. The Morgan fingerprint density at radius 3 is 2.40 bits per heavy atom. The van der Waals surface area contributed by atoms with Crippen molar-refractivity contribution in [3.05, 3.63) is 35.9 Å². The molecule has 0 aliphatic carbocycles. The highest BCUT2D eigenvalue weighted by Crippen LogP contribution is 2.08. The summed E-state index contributed by atoms with van der Waals surface area (Å²) < 4.78 is 0. The molecule has 0 amide bonds. The summed E-state index contributed by atoms with van der Waals surface area (Å²) >= 11 is 0. The van der Waals surface area contributed by atoms with Gasteiger partial charge in [-0.05, 0) is 5.56 Å². The molecule has 1 N–H and O–H groups in total. The number of nitrogens with one attached hydrogen (secondary N) is 1. The lowest BCUT2D eigenvalue weighted by atomic mass is 10.1. The van der Waals surface area contributed by atoms with Crippen LogP contribution < -0.4 is 5.73 Å². The molecule has 0 saturated heterocycles. The van der Waals surface area contributed by atoms with Gasteiger partial charge in [0.05, 0.1) is 6.07 Å². The van der Waals surface area contributed by atoms with Gasteiger partial charge in [0, 0.05) is 0 Å². The molecule has 0 saturated carbocycles. The van der Waals surface area contributed by atoms with Crippen molar-refractivity contribution in [1.82, 2.24) is 5.73 Å². The number of nitriles is 1. The molecule has 10 heavy (non-hydrogen) atoms. The highest BCUT2D eigenvalue weighted by Gasteiger charge is 2.00. The van der Waals surface area contributed by atoms with Gasteiger partial charge in [-0.25, -0.2) is 5.73 Å². The number of rotatable bonds is 1. The molecule has 0 aromatic heterocycles. The van der Waals surface area contributed by atoms with Crippen molar-refractivity contribution >= 4 is 0 Å². The second kappa shape index (κ2) is 3.00. The van der Waals surface area contributed by atoms with Crippen LogP contribution >= 0.6 is 0 Å². The van der Waals surface area contributed by atoms with Crippen LogP contribution in [0.4, 0.5) is 0 Å². The van der Waals surface area contributed by atoms with Crippen molar-refractivity contribution in [3.63, 3.8) is 0 Å². The maximum Gasteiger partial charge on any atom is 0.133 e. The number of nitrogens with zero attached hydrogens (tertiary/aromatic N) is 1. The summed E-state index contributed by atoms with van der Waals surface area (Å²) in [4.78, 5) is 0. The first-order valence-corrected chi connectivity index (χ1v) is 3.00. The normalized spacial score (nSPS) is 12.0. The average Bonchev–Trinajstić information content (AvgIpc) is 2.05. The van der Waals surface area contributed by atoms with Crippen LogP contribution in [0.1, 0.15) is 11.6 Å². The first-order valence-electron chi connectivity index (χ1n) is 3.00. The van der Waals surface area contributed by atoms with E-state index in [0.29, 0.717) is 0 Å². The van der Waals surface area contributed by atoms with Crippen molar-refractivity contribution in [2.24, 2.45) is 0 Å². The molecule has 2 nitrogen and oxygen atoms in total. The fourth-order valence-corrected chi connectivity index (χ4v) is 0.720. The van der Waals surface area contributed by atoms with Crippen molar-refractivity contribution < 1.29 is 0 Å². The van der Waals surface area contributed by atoms with Gasteiger partial charge in [-0.2, -0.15) is 5.26 Å². The van der Waals surface area contributed by atoms with E-state index in [9.17, 15) is 0 Å². The zero-order valence-corrected chi connectivity index (χ0v) is 5.41. The maximum atomic E-state index is 8.35. The first kappa shape index (κ1) is 6.79. The Morgan fingerprint density at radius 2 is 1.90 bits per heavy atom. The summed E-state index contributed by atoms with van der Waals surface area (Å²) in [5.41, 5.74) is 7.96. The minimum atomic E-state index is -0.735. The molecule has 0 aliphatic rings. The lowest BCUT2D eigenvalue weighted by Crippen LogP contribution is -1.93. The third-order valence-electron chi connectivity index (χ3n) is 1.26. The average molecular weight is 131 g/mol. The van der Waals surface area contributed by atoms with Gasteiger partial charge in [0.25, 0.3) is 0 Å². The Hall–Kier alpha value is -1.33. The Kier molecular flexibility index (Phi) is 2.03. The molecule has 0 fully saturated rings. The van der Waals surface area contributed by atoms with E-state index < -0.39 is 6.04 Å². The molecule has 1 radical (unpaired) electrons. The number of hydrogen-bond acceptors (Lipinski definition) is 1. The van der Waals surface area contributed by atoms with E-state index in [-0.39, 0.29) is 0 Å². The van der Waals surface area contributed by atoms with Gasteiger partial charge in [0.15, 0.2) is 0 Å². The fourth-order valence-electron chi connectivity index (χ4n) is 0.720. The van der Waals surface area contributed by atoms with Crippen LogP contribution in [0.25, 0.3) is 0 Å². The molecule has 1 aromatic rings. The summed E-state index contributed by atoms with van der Waals surface area (Å²) in [5, 5.41) is 8.35. The summed E-state index contributed by atoms with van der Waals surface area (Å²) in [6, 6.07) is 10.2. The fraction of sp³-hybridized carbons (Fsp3) is 0.125. The Morgan fingerprint density at radius 1 is 1.30 bits per heavy atom. The van der Waals surface area contributed by atoms with E-state index >= 15 is 0 Å². The highest BCUT2D eigenvalue weighted by molar-refractivity contribution is 5.22. The molecule has 49 valence electrons. The van der Waals surface area contributed by atoms with E-state index in [1.807, 2.05) is 24.3 Å². The second-order valence-electron chi connectivity index (χ2n) is 1.97. The summed E-state index contributed by atoms with van der Waals surface area (Å²) in [5.74, 6) is 0. The van der Waals surface area contributed by atoms with Gasteiger partial charge in [-0.3, -0.25) is 0 Å². The van der Waals surface area contributed by atoms with Crippen LogP contribution in [0.2, 0.25) is 0 Å². The number of benzene rings is 1. The van der Waals surface area contributed by atoms with Gasteiger partial charge in [0.1, 0.15) is 6.04 Å². The molecule has 1 unspecified atom stereocenters. The van der Waals surface area contributed by atoms with Gasteiger partial charge in [-0.15, -0.1) is 0 Å². The van der Waals surface area contributed by atoms with E-state index in [0.717, 1.165) is 5.56 Å². The summed E-state index contributed by atoms with van der Waals surface area (Å²) in [6.45, 7) is 0. The predicted molar refractivity (Wildman–Crippen MR) is 37.9 cm³/mol. The largest absolute Gasteiger partial charge is 0.235 e. The van der Waals surface area contributed by atoms with Gasteiger partial charge in [-0.1, -0.05) is 30.3 Å². The first-order chi connectivity index (χ1) is 4.84. The molecule has 2 heteroatoms. The van der Waals surface area contributed by atoms with Crippen molar-refractivity contribution in [2.75, 3.05) is 0 Å². The van der Waals surface area contributed by atoms with Crippen molar-refractivity contribution in [3.8, 4) is 6.07 Å². The van der Waals surface area contributed by atoms with Gasteiger partial charge in [0.2, 0.25) is 0 Å². The van der Waals surface area contributed by atoms with Crippen LogP contribution in [-0.4, -0.2) is 0 Å². The predicted octanol–water partition coefficient (Wildman–Crippen LogP) is 1.53. The van der Waals surface area contributed by atoms with Crippen LogP contribution in [0.5, 0.6) is 0 Å². The SMILES string of the molecule is N#CC([NH])c1ccccc1. The Bertz CT molecular complexity index is 235. The molecule has 1 aromatic carbocycles. The minimum Gasteiger partial charge on any atom is -0.235 e. The molecule has 0 heterocycles. The molecule has 1 atom stereocenters. The Labute approximate surface area is 59.9 Å². The molecule has 0 bridgehead atoms. The van der Waals surface area contributed by atoms with Crippen LogP contribution in [-0.2, 0) is 0 Å². The molecule has 0 aliphatic heterocycles. The molecule has 1 rings (SSSR count). The quantitative estimate of drug-likeness (QED) is 0.570. The zero-order valence-electron chi connectivity index (χ0n) is 5.41. The van der Waals surface area contributed by atoms with Crippen LogP contribution in [0, 0.1) is 11.3 Å². The van der Waals surface area contributed by atoms with Crippen LogP contribution in [0.3, 0.4) is 0 Å². The van der Waals surface area contributed by atoms with Crippen molar-refractivity contribution in [1.29, 1.82) is 5.26 Å². The monoisotopic (exact) mass is 131 g/mol. The van der Waals surface area contributed by atoms with Gasteiger partial charge >= 0.3 is 0 Å². The summed E-state index contributed by atoms with van der Waals surface area (Å²) in [6.07, 6.45) is 0. The third kappa shape index (κ3) is 1.34. The lowest BCUT2D eigenvalue weighted by molar-refractivity contribution is 0.891. The topological polar surface area (TPSA) is 47.6 Å². The molecule has 0 spiro atoms. The second-order valence-corrected chi connectivity index (χ2v) is 1.97. The smallest absolute Gasteiger partial charge is 0.133 e. The standard InChI is InChI=1S/C8H7N2/c9-6-8(10)7-4-2-1-3-5-7/h1-5,8,10H. The highest BCUT2D eigenvalue weighted by atomic mass is 14.6. The van der Waals surface area contributed by atoms with E-state index in [1.54, 1.807) is 12.1 Å². The van der Waals surface area contributed by atoms with E-state index in [1.165, 1.54) is 0 Å². The molecular weight excluding hydrogens is 124 g/mol. The van der Waals surface area contributed by atoms with Crippen molar-refractivity contribution in [2.45, 2.75) is 6.04 Å².